The third-order valence-electron chi connectivity index (χ3n) is 4.99. The molecule has 21 heavy (non-hydrogen) atoms. The van der Waals surface area contributed by atoms with E-state index in [2.05, 4.69) is 0 Å². The maximum atomic E-state index is 12.6. The Labute approximate surface area is 133 Å². The third-order valence-corrected chi connectivity index (χ3v) is 4.99. The zero-order valence-corrected chi connectivity index (χ0v) is 14.2. The molecule has 0 aliphatic rings. The number of hydrogen-bond acceptors (Lipinski definition) is 4. The van der Waals surface area contributed by atoms with Crippen molar-refractivity contribution >= 4 is 18.2 Å². The topological polar surface area (TPSA) is 89.3 Å². The Kier molecular flexibility index (Phi) is 6.16. The first-order chi connectivity index (χ1) is 8.96. The minimum Gasteiger partial charge on any atom is -0.381 e. The molecule has 5 N–H and O–H groups in total. The van der Waals surface area contributed by atoms with E-state index in [9.17, 15) is 9.90 Å². The lowest BCUT2D eigenvalue weighted by atomic mass is 9.59. The maximum absolute atomic E-state index is 12.6. The van der Waals surface area contributed by atoms with Crippen molar-refractivity contribution in [2.45, 2.75) is 51.8 Å². The predicted molar refractivity (Wildman–Crippen MR) is 88.7 cm³/mol. The van der Waals surface area contributed by atoms with E-state index in [1.54, 1.807) is 52.0 Å². The summed E-state index contributed by atoms with van der Waals surface area (Å²) in [5, 5.41) is 10.9. The Morgan fingerprint density at radius 2 is 1.57 bits per heavy atom. The van der Waals surface area contributed by atoms with E-state index in [4.69, 9.17) is 11.5 Å². The third kappa shape index (κ3) is 3.29. The van der Waals surface area contributed by atoms with Crippen LogP contribution in [0.3, 0.4) is 0 Å². The second kappa shape index (κ2) is 6.44. The van der Waals surface area contributed by atoms with Gasteiger partial charge in [-0.1, -0.05) is 44.2 Å². The van der Waals surface area contributed by atoms with Crippen LogP contribution in [0.15, 0.2) is 30.3 Å². The zero-order chi connectivity index (χ0) is 15.8. The lowest BCUT2D eigenvalue weighted by Gasteiger charge is -2.51. The highest BCUT2D eigenvalue weighted by atomic mass is 35.5. The van der Waals surface area contributed by atoms with Crippen LogP contribution in [-0.2, 0) is 0 Å². The molecule has 4 nitrogen and oxygen atoms in total. The van der Waals surface area contributed by atoms with Gasteiger partial charge < -0.3 is 16.6 Å². The van der Waals surface area contributed by atoms with Gasteiger partial charge in [-0.15, -0.1) is 12.4 Å². The fourth-order valence-electron chi connectivity index (χ4n) is 2.25. The average Bonchev–Trinajstić information content (AvgIpc) is 2.38. The lowest BCUT2D eigenvalue weighted by Crippen LogP contribution is -2.69. The van der Waals surface area contributed by atoms with Crippen LogP contribution in [0.2, 0.25) is 0 Å². The van der Waals surface area contributed by atoms with E-state index in [0.717, 1.165) is 0 Å². The van der Waals surface area contributed by atoms with Gasteiger partial charge >= 0.3 is 0 Å². The second-order valence-electron chi connectivity index (χ2n) is 6.46. The van der Waals surface area contributed by atoms with Crippen molar-refractivity contribution in [3.05, 3.63) is 35.9 Å². The van der Waals surface area contributed by atoms with Gasteiger partial charge in [0.2, 0.25) is 0 Å². The molecule has 0 aromatic heterocycles. The maximum Gasteiger partial charge on any atom is 0.194 e. The second-order valence-corrected chi connectivity index (χ2v) is 6.46. The van der Waals surface area contributed by atoms with Crippen molar-refractivity contribution < 1.29 is 9.90 Å². The average molecular weight is 315 g/mol. The molecule has 0 aliphatic heterocycles. The van der Waals surface area contributed by atoms with E-state index in [1.165, 1.54) is 6.92 Å². The van der Waals surface area contributed by atoms with Gasteiger partial charge in [0.05, 0.1) is 0 Å². The van der Waals surface area contributed by atoms with E-state index in [0.29, 0.717) is 5.56 Å². The standard InChI is InChI=1S/C16H26N2O2.ClH/c1-11(17)15(4,18)14(2,3)16(5,20)13(19)12-9-7-6-8-10-12;/h6-11,20H,17-18H2,1-5H3;1H. The summed E-state index contributed by atoms with van der Waals surface area (Å²) in [6, 6.07) is 8.37. The molecule has 5 heteroatoms. The molecule has 0 saturated heterocycles. The summed E-state index contributed by atoms with van der Waals surface area (Å²) in [5.41, 5.74) is 9.29. The number of hydrogen-bond donors (Lipinski definition) is 3. The van der Waals surface area contributed by atoms with Crippen LogP contribution < -0.4 is 11.5 Å². The normalized spacial score (nSPS) is 18.9. The van der Waals surface area contributed by atoms with Crippen molar-refractivity contribution in [1.29, 1.82) is 0 Å². The predicted octanol–water partition coefficient (Wildman–Crippen LogP) is 2.13. The van der Waals surface area contributed by atoms with Gasteiger partial charge in [-0.3, -0.25) is 4.79 Å². The van der Waals surface area contributed by atoms with Crippen LogP contribution in [0.1, 0.15) is 45.0 Å². The molecule has 120 valence electrons. The highest BCUT2D eigenvalue weighted by Crippen LogP contribution is 2.42. The molecule has 0 heterocycles. The Morgan fingerprint density at radius 1 is 1.14 bits per heavy atom. The van der Waals surface area contributed by atoms with Crippen molar-refractivity contribution in [1.82, 2.24) is 0 Å². The smallest absolute Gasteiger partial charge is 0.194 e. The van der Waals surface area contributed by atoms with Crippen LogP contribution in [0.25, 0.3) is 0 Å². The Bertz CT molecular complexity index is 482. The molecule has 3 atom stereocenters. The molecular weight excluding hydrogens is 288 g/mol. The molecule has 1 rings (SSSR count). The molecule has 0 fully saturated rings. The lowest BCUT2D eigenvalue weighted by molar-refractivity contribution is -0.0665. The van der Waals surface area contributed by atoms with Gasteiger partial charge in [0.1, 0.15) is 5.60 Å². The SMILES string of the molecule is CC(N)C(C)(N)C(C)(C)C(C)(O)C(=O)c1ccccc1.Cl. The van der Waals surface area contributed by atoms with Crippen molar-refractivity contribution in [3.8, 4) is 0 Å². The van der Waals surface area contributed by atoms with Gasteiger partial charge in [0, 0.05) is 22.6 Å². The molecular formula is C16H27ClN2O2. The first-order valence-electron chi connectivity index (χ1n) is 6.83. The fourth-order valence-corrected chi connectivity index (χ4v) is 2.25. The minimum atomic E-state index is -1.62. The monoisotopic (exact) mass is 314 g/mol. The number of Topliss-reactive ketones (excluding diaryl/α,β-unsaturated/α-hetero) is 1. The van der Waals surface area contributed by atoms with Crippen molar-refractivity contribution in [2.24, 2.45) is 16.9 Å². The quantitative estimate of drug-likeness (QED) is 0.726. The largest absolute Gasteiger partial charge is 0.381 e. The number of benzene rings is 1. The number of nitrogens with two attached hydrogens (primary N) is 2. The summed E-state index contributed by atoms with van der Waals surface area (Å²) in [6.07, 6.45) is 0. The molecule has 3 unspecified atom stereocenters. The molecule has 1 aromatic rings. The molecule has 0 spiro atoms. The minimum absolute atomic E-state index is 0. The number of halogens is 1. The zero-order valence-electron chi connectivity index (χ0n) is 13.4. The van der Waals surface area contributed by atoms with Gasteiger partial charge in [0.25, 0.3) is 0 Å². The molecule has 0 bridgehead atoms. The Balaban J connectivity index is 0.00000400. The number of carbonyl (C=O) groups is 1. The first-order valence-corrected chi connectivity index (χ1v) is 6.83. The van der Waals surface area contributed by atoms with Gasteiger partial charge in [-0.2, -0.15) is 0 Å². The fraction of sp³-hybridized carbons (Fsp3) is 0.562. The number of ketones is 1. The molecule has 0 saturated carbocycles. The van der Waals surface area contributed by atoms with Crippen LogP contribution in [0.4, 0.5) is 0 Å². The Hall–Kier alpha value is -0.940. The number of carbonyl (C=O) groups excluding carboxylic acids is 1. The molecule has 0 radical (unpaired) electrons. The van der Waals surface area contributed by atoms with Gasteiger partial charge in [-0.25, -0.2) is 0 Å². The van der Waals surface area contributed by atoms with Crippen LogP contribution in [0, 0.1) is 5.41 Å². The van der Waals surface area contributed by atoms with Gasteiger partial charge in [-0.05, 0) is 20.8 Å². The van der Waals surface area contributed by atoms with E-state index in [-0.39, 0.29) is 24.2 Å². The summed E-state index contributed by atoms with van der Waals surface area (Å²) in [7, 11) is 0. The summed E-state index contributed by atoms with van der Waals surface area (Å²) in [6.45, 7) is 8.61. The summed E-state index contributed by atoms with van der Waals surface area (Å²) in [4.78, 5) is 12.6. The number of rotatable bonds is 5. The summed E-state index contributed by atoms with van der Waals surface area (Å²) >= 11 is 0. The highest BCUT2D eigenvalue weighted by molar-refractivity contribution is 6.02. The van der Waals surface area contributed by atoms with E-state index < -0.39 is 16.6 Å². The van der Waals surface area contributed by atoms with Crippen molar-refractivity contribution in [3.63, 3.8) is 0 Å². The molecule has 1 aromatic carbocycles. The van der Waals surface area contributed by atoms with E-state index >= 15 is 0 Å². The van der Waals surface area contributed by atoms with E-state index in [1.807, 2.05) is 6.07 Å². The van der Waals surface area contributed by atoms with Crippen LogP contribution >= 0.6 is 12.4 Å². The van der Waals surface area contributed by atoms with Crippen LogP contribution in [-0.4, -0.2) is 28.1 Å². The first kappa shape index (κ1) is 20.1. The Morgan fingerprint density at radius 3 is 1.95 bits per heavy atom. The molecule has 0 amide bonds. The summed E-state index contributed by atoms with van der Waals surface area (Å²) < 4.78 is 0. The highest BCUT2D eigenvalue weighted by Gasteiger charge is 2.55. The van der Waals surface area contributed by atoms with Gasteiger partial charge in [0.15, 0.2) is 5.78 Å². The number of aliphatic hydroxyl groups is 1. The van der Waals surface area contributed by atoms with Crippen molar-refractivity contribution in [2.75, 3.05) is 0 Å². The molecule has 0 aliphatic carbocycles. The van der Waals surface area contributed by atoms with Crippen LogP contribution in [0.5, 0.6) is 0 Å². The summed E-state index contributed by atoms with van der Waals surface area (Å²) in [5.74, 6) is -0.347.